The zero-order chi connectivity index (χ0) is 33.9. The van der Waals surface area contributed by atoms with Crippen LogP contribution in [0.15, 0.2) is 40.3 Å². The number of alkyl halides is 4. The third-order valence-electron chi connectivity index (χ3n) is 12.4. The molecule has 0 bridgehead atoms. The van der Waals surface area contributed by atoms with E-state index < -0.39 is 56.1 Å². The first-order chi connectivity index (χ1) is 21.0. The van der Waals surface area contributed by atoms with E-state index in [9.17, 15) is 31.8 Å². The second kappa shape index (κ2) is 10.5. The highest BCUT2D eigenvalue weighted by Gasteiger charge is 2.76. The zero-order valence-corrected chi connectivity index (χ0v) is 28.3. The molecular weight excluding hydrogens is 626 g/mol. The highest BCUT2D eigenvalue weighted by molar-refractivity contribution is 7.89. The predicted octanol–water partition coefficient (Wildman–Crippen LogP) is 6.25. The van der Waals surface area contributed by atoms with Gasteiger partial charge in [-0.05, 0) is 80.6 Å². The molecule has 2 N–H and O–H groups in total. The predicted molar refractivity (Wildman–Crippen MR) is 163 cm³/mol. The van der Waals surface area contributed by atoms with Gasteiger partial charge in [0, 0.05) is 43.7 Å². The number of aliphatic hydroxyl groups is 2. The van der Waals surface area contributed by atoms with E-state index in [1.807, 2.05) is 0 Å². The molecule has 7 atom stereocenters. The maximum atomic E-state index is 16.0. The Morgan fingerprint density at radius 2 is 1.54 bits per heavy atom. The lowest BCUT2D eigenvalue weighted by Crippen LogP contribution is -2.66. The molecule has 0 amide bonds. The summed E-state index contributed by atoms with van der Waals surface area (Å²) >= 11 is 0. The summed E-state index contributed by atoms with van der Waals surface area (Å²) in [6, 6.07) is 6.28. The average Bonchev–Trinajstić information content (AvgIpc) is 3.24. The number of benzene rings is 1. The van der Waals surface area contributed by atoms with Crippen LogP contribution in [-0.2, 0) is 19.5 Å². The molecule has 1 heterocycles. The van der Waals surface area contributed by atoms with Gasteiger partial charge in [0.2, 0.25) is 15.7 Å². The van der Waals surface area contributed by atoms with Crippen LogP contribution in [0, 0.1) is 22.7 Å². The van der Waals surface area contributed by atoms with Crippen molar-refractivity contribution in [2.45, 2.75) is 119 Å². The van der Waals surface area contributed by atoms with Gasteiger partial charge in [0.25, 0.3) is 0 Å². The molecule has 1 saturated heterocycles. The molecule has 0 aromatic heterocycles. The molecule has 46 heavy (non-hydrogen) atoms. The number of rotatable bonds is 4. The second-order valence-corrected chi connectivity index (χ2v) is 18.1. The summed E-state index contributed by atoms with van der Waals surface area (Å²) in [7, 11) is -0.886. The van der Waals surface area contributed by atoms with E-state index >= 15 is 4.39 Å². The van der Waals surface area contributed by atoms with E-state index in [2.05, 4.69) is 13.8 Å². The number of ether oxygens (including phenoxy) is 2. The van der Waals surface area contributed by atoms with E-state index in [1.165, 1.54) is 26.2 Å². The topological polar surface area (TPSA) is 96.3 Å². The molecule has 1 aliphatic heterocycles. The monoisotopic (exact) mass is 673 g/mol. The Labute approximate surface area is 269 Å². The first-order valence-corrected chi connectivity index (χ1v) is 17.7. The van der Waals surface area contributed by atoms with Crippen LogP contribution in [0.2, 0.25) is 0 Å². The van der Waals surface area contributed by atoms with Gasteiger partial charge >= 0.3 is 6.18 Å². The van der Waals surface area contributed by atoms with Crippen LogP contribution in [0.5, 0.6) is 0 Å². The van der Waals surface area contributed by atoms with Crippen LogP contribution < -0.4 is 0 Å². The highest BCUT2D eigenvalue weighted by Crippen LogP contribution is 2.71. The SMILES string of the molecule is CN(C)S(=O)(=O)c1ccc([C@H]2C[C@@]3(C)C(CC[C@@]3(O)C(C)(F)C(F)(F)F)C3CC[C@@]4(O)CC5(CCC4=C32)OCC(C)(C)CO5)cc1. The smallest absolute Gasteiger partial charge is 0.386 e. The number of halogens is 4. The maximum absolute atomic E-state index is 16.0. The highest BCUT2D eigenvalue weighted by atomic mass is 32.2. The van der Waals surface area contributed by atoms with Crippen molar-refractivity contribution < 1.29 is 45.7 Å². The maximum Gasteiger partial charge on any atom is 0.425 e. The third kappa shape index (κ3) is 4.86. The van der Waals surface area contributed by atoms with E-state index in [1.54, 1.807) is 19.1 Å². The molecule has 1 aromatic rings. The van der Waals surface area contributed by atoms with E-state index in [4.69, 9.17) is 9.47 Å². The molecule has 3 unspecified atom stereocenters. The molecule has 12 heteroatoms. The quantitative estimate of drug-likeness (QED) is 0.290. The Balaban J connectivity index is 1.47. The van der Waals surface area contributed by atoms with Crippen molar-refractivity contribution >= 4 is 10.0 Å². The van der Waals surface area contributed by atoms with Crippen molar-refractivity contribution in [2.75, 3.05) is 27.3 Å². The van der Waals surface area contributed by atoms with Crippen LogP contribution in [-0.4, -0.2) is 79.1 Å². The molecule has 0 radical (unpaired) electrons. The van der Waals surface area contributed by atoms with Gasteiger partial charge in [-0.25, -0.2) is 17.1 Å². The Kier molecular flexibility index (Phi) is 7.80. The lowest BCUT2D eigenvalue weighted by Gasteiger charge is -2.59. The van der Waals surface area contributed by atoms with Crippen molar-refractivity contribution in [3.8, 4) is 0 Å². The summed E-state index contributed by atoms with van der Waals surface area (Å²) in [5.74, 6) is -2.23. The first kappa shape index (κ1) is 34.3. The Hall–Kier alpha value is -1.57. The van der Waals surface area contributed by atoms with Crippen LogP contribution >= 0.6 is 0 Å². The molecule has 3 saturated carbocycles. The number of hydrogen-bond acceptors (Lipinski definition) is 6. The molecule has 7 nitrogen and oxygen atoms in total. The van der Waals surface area contributed by atoms with Gasteiger partial charge in [-0.2, -0.15) is 13.2 Å². The number of hydrogen-bond donors (Lipinski definition) is 2. The molecule has 1 aromatic carbocycles. The molecule has 4 fully saturated rings. The standard InChI is InChI=1S/C34H47F4NO6S/c1-28(2)19-44-32(45-20-28)15-12-26-27-23(11-14-31(26,40)18-32)25-13-16-33(41,30(4,35)34(36,37)38)29(25,3)17-24(27)21-7-9-22(10-8-21)46(42,43)39(5)6/h7-10,23-25,40-41H,11-20H2,1-6H3/t23?,24-,25?,29+,30?,31-,33+/m1/s1. The molecule has 6 rings (SSSR count). The molecule has 258 valence electrons. The number of allylic oxidation sites excluding steroid dienone is 1. The first-order valence-electron chi connectivity index (χ1n) is 16.3. The van der Waals surface area contributed by atoms with Crippen molar-refractivity contribution in [1.82, 2.24) is 4.31 Å². The summed E-state index contributed by atoms with van der Waals surface area (Å²) in [5, 5.41) is 24.2. The number of sulfonamides is 1. The van der Waals surface area contributed by atoms with Gasteiger partial charge in [-0.15, -0.1) is 0 Å². The lowest BCUT2D eigenvalue weighted by molar-refractivity contribution is -0.323. The minimum absolute atomic E-state index is 0.0152. The number of fused-ring (bicyclic) bond motifs is 4. The van der Waals surface area contributed by atoms with Crippen LogP contribution in [0.3, 0.4) is 0 Å². The molecular formula is C34H47F4NO6S. The van der Waals surface area contributed by atoms with Crippen LogP contribution in [0.1, 0.15) is 90.5 Å². The minimum Gasteiger partial charge on any atom is -0.386 e. The average molecular weight is 674 g/mol. The number of nitrogens with zero attached hydrogens (tertiary/aromatic N) is 1. The summed E-state index contributed by atoms with van der Waals surface area (Å²) in [5.41, 5.74) is -6.97. The van der Waals surface area contributed by atoms with Crippen LogP contribution in [0.4, 0.5) is 17.6 Å². The summed E-state index contributed by atoms with van der Waals surface area (Å²) in [6.45, 7) is 7.13. The Morgan fingerprint density at radius 1 is 0.935 bits per heavy atom. The lowest BCUT2D eigenvalue weighted by atomic mass is 9.48. The molecule has 4 aliphatic carbocycles. The van der Waals surface area contributed by atoms with E-state index in [0.717, 1.165) is 15.5 Å². The minimum atomic E-state index is -5.28. The fraction of sp³-hybridized carbons (Fsp3) is 0.765. The van der Waals surface area contributed by atoms with Gasteiger partial charge in [0.1, 0.15) is 5.60 Å². The van der Waals surface area contributed by atoms with Crippen molar-refractivity contribution in [2.24, 2.45) is 22.7 Å². The van der Waals surface area contributed by atoms with Gasteiger partial charge in [-0.3, -0.25) is 0 Å². The fourth-order valence-electron chi connectivity index (χ4n) is 9.65. The molecule has 5 aliphatic rings. The largest absolute Gasteiger partial charge is 0.425 e. The van der Waals surface area contributed by atoms with Crippen molar-refractivity contribution in [1.29, 1.82) is 0 Å². The zero-order valence-electron chi connectivity index (χ0n) is 27.5. The van der Waals surface area contributed by atoms with Crippen molar-refractivity contribution in [3.05, 3.63) is 41.0 Å². The van der Waals surface area contributed by atoms with Gasteiger partial charge < -0.3 is 19.7 Å². The van der Waals surface area contributed by atoms with Crippen molar-refractivity contribution in [3.63, 3.8) is 0 Å². The second-order valence-electron chi connectivity index (χ2n) is 16.0. The Bertz CT molecular complexity index is 1510. The summed E-state index contributed by atoms with van der Waals surface area (Å²) in [6.07, 6.45) is -3.38. The van der Waals surface area contributed by atoms with E-state index in [0.29, 0.717) is 51.4 Å². The van der Waals surface area contributed by atoms with Crippen LogP contribution in [0.25, 0.3) is 0 Å². The van der Waals surface area contributed by atoms with Gasteiger partial charge in [0.05, 0.1) is 23.7 Å². The Morgan fingerprint density at radius 3 is 2.11 bits per heavy atom. The summed E-state index contributed by atoms with van der Waals surface area (Å²) < 4.78 is 98.1. The van der Waals surface area contributed by atoms with Gasteiger partial charge in [-0.1, -0.05) is 38.5 Å². The molecule has 1 spiro atoms. The van der Waals surface area contributed by atoms with E-state index in [-0.39, 0.29) is 41.9 Å². The third-order valence-corrected chi connectivity index (χ3v) is 14.2. The summed E-state index contributed by atoms with van der Waals surface area (Å²) in [4.78, 5) is 0.0652. The van der Waals surface area contributed by atoms with Gasteiger partial charge in [0.15, 0.2) is 5.79 Å². The normalized spacial score (nSPS) is 38.7. The fourth-order valence-corrected chi connectivity index (χ4v) is 10.5.